The van der Waals surface area contributed by atoms with Crippen LogP contribution in [0.1, 0.15) is 27.8 Å². The Morgan fingerprint density at radius 2 is 2.09 bits per heavy atom. The van der Waals surface area contributed by atoms with E-state index >= 15 is 0 Å². The molecule has 22 heavy (non-hydrogen) atoms. The predicted octanol–water partition coefficient (Wildman–Crippen LogP) is 1.37. The van der Waals surface area contributed by atoms with Crippen molar-refractivity contribution in [3.05, 3.63) is 41.0 Å². The van der Waals surface area contributed by atoms with Crippen molar-refractivity contribution < 1.29 is 19.1 Å². The monoisotopic (exact) mass is 321 g/mol. The summed E-state index contributed by atoms with van der Waals surface area (Å²) in [5.74, 6) is -1.77. The van der Waals surface area contributed by atoms with Gasteiger partial charge in [0.2, 0.25) is 0 Å². The molecule has 0 saturated carbocycles. The molecule has 3 N–H and O–H groups in total. The predicted molar refractivity (Wildman–Crippen MR) is 81.8 cm³/mol. The molecule has 0 bridgehead atoms. The van der Waals surface area contributed by atoms with E-state index in [0.29, 0.717) is 10.7 Å². The first kappa shape index (κ1) is 15.8. The summed E-state index contributed by atoms with van der Waals surface area (Å²) >= 11 is 1.17. The van der Waals surface area contributed by atoms with Crippen LogP contribution in [0.15, 0.2) is 29.8 Å². The van der Waals surface area contributed by atoms with Crippen LogP contribution in [-0.2, 0) is 16.6 Å². The molecule has 1 atom stereocenters. The van der Waals surface area contributed by atoms with Gasteiger partial charge in [-0.15, -0.1) is 11.3 Å². The topological polar surface area (TPSA) is 103 Å². The maximum absolute atomic E-state index is 12.0. The van der Waals surface area contributed by atoms with Crippen LogP contribution in [0.2, 0.25) is 0 Å². The molecule has 0 aromatic carbocycles. The molecule has 2 amide bonds. The average Bonchev–Trinajstić information content (AvgIpc) is 3.07. The second-order valence-corrected chi connectivity index (χ2v) is 5.48. The zero-order chi connectivity index (χ0) is 16.3. The van der Waals surface area contributed by atoms with Crippen LogP contribution in [0, 0.1) is 0 Å². The number of carbonyl (C=O) groups excluding carboxylic acids is 3. The van der Waals surface area contributed by atoms with Gasteiger partial charge in [0.1, 0.15) is 10.7 Å². The molecule has 0 saturated heterocycles. The largest absolute Gasteiger partial charge is 0.448 e. The Hall–Kier alpha value is -2.61. The smallest absolute Gasteiger partial charge is 0.355 e. The Bertz CT molecular complexity index is 719. The molecule has 7 nitrogen and oxygen atoms in total. The number of aromatic nitrogens is 1. The summed E-state index contributed by atoms with van der Waals surface area (Å²) in [5.41, 5.74) is 5.76. The van der Waals surface area contributed by atoms with Crippen molar-refractivity contribution in [2.75, 3.05) is 5.32 Å². The van der Waals surface area contributed by atoms with E-state index in [1.807, 2.05) is 0 Å². The van der Waals surface area contributed by atoms with Gasteiger partial charge in [0, 0.05) is 13.2 Å². The molecule has 0 radical (unpaired) electrons. The van der Waals surface area contributed by atoms with E-state index in [1.54, 1.807) is 35.3 Å². The van der Waals surface area contributed by atoms with Gasteiger partial charge >= 0.3 is 5.97 Å². The third-order valence-corrected chi connectivity index (χ3v) is 3.80. The number of primary amides is 1. The quantitative estimate of drug-likeness (QED) is 0.812. The second kappa shape index (κ2) is 6.44. The Labute approximate surface area is 130 Å². The van der Waals surface area contributed by atoms with Crippen molar-refractivity contribution in [3.8, 4) is 0 Å². The summed E-state index contributed by atoms with van der Waals surface area (Å²) in [6, 6.07) is 4.81. The lowest BCUT2D eigenvalue weighted by Gasteiger charge is -2.13. The van der Waals surface area contributed by atoms with Crippen LogP contribution >= 0.6 is 11.3 Å². The SMILES string of the molecule is CC(OC(=O)c1cccn1C)C(=O)Nc1sccc1C(N)=O. The van der Waals surface area contributed by atoms with Gasteiger partial charge in [0.25, 0.3) is 11.8 Å². The molecule has 0 spiro atoms. The molecule has 2 aromatic rings. The molecule has 0 aliphatic heterocycles. The van der Waals surface area contributed by atoms with Crippen molar-refractivity contribution in [2.24, 2.45) is 12.8 Å². The maximum atomic E-state index is 12.0. The fourth-order valence-electron chi connectivity index (χ4n) is 1.76. The summed E-state index contributed by atoms with van der Waals surface area (Å²) < 4.78 is 6.70. The number of ether oxygens (including phenoxy) is 1. The normalized spacial score (nSPS) is 11.7. The summed E-state index contributed by atoms with van der Waals surface area (Å²) in [7, 11) is 1.70. The zero-order valence-corrected chi connectivity index (χ0v) is 12.8. The number of hydrogen-bond acceptors (Lipinski definition) is 5. The molecule has 116 valence electrons. The van der Waals surface area contributed by atoms with Gasteiger partial charge in [-0.05, 0) is 30.5 Å². The number of amides is 2. The highest BCUT2D eigenvalue weighted by Gasteiger charge is 2.22. The number of aryl methyl sites for hydroxylation is 1. The first-order valence-electron chi connectivity index (χ1n) is 6.40. The van der Waals surface area contributed by atoms with Gasteiger partial charge < -0.3 is 20.4 Å². The first-order chi connectivity index (χ1) is 10.4. The molecular weight excluding hydrogens is 306 g/mol. The minimum atomic E-state index is -1.01. The lowest BCUT2D eigenvalue weighted by molar-refractivity contribution is -0.123. The highest BCUT2D eigenvalue weighted by atomic mass is 32.1. The second-order valence-electron chi connectivity index (χ2n) is 4.57. The molecule has 2 rings (SSSR count). The van der Waals surface area contributed by atoms with Crippen LogP contribution in [0.3, 0.4) is 0 Å². The van der Waals surface area contributed by atoms with Gasteiger partial charge in [0.05, 0.1) is 5.56 Å². The Kier molecular flexibility index (Phi) is 4.62. The highest BCUT2D eigenvalue weighted by Crippen LogP contribution is 2.23. The van der Waals surface area contributed by atoms with Crippen LogP contribution in [-0.4, -0.2) is 28.5 Å². The number of thiophene rings is 1. The summed E-state index contributed by atoms with van der Waals surface area (Å²) in [5, 5.41) is 4.50. The Balaban J connectivity index is 2.01. The molecular formula is C14H15N3O4S. The van der Waals surface area contributed by atoms with Crippen molar-refractivity contribution >= 4 is 34.1 Å². The number of nitrogens with zero attached hydrogens (tertiary/aromatic N) is 1. The van der Waals surface area contributed by atoms with Crippen LogP contribution in [0.5, 0.6) is 0 Å². The zero-order valence-electron chi connectivity index (χ0n) is 12.0. The number of carbonyl (C=O) groups is 3. The Morgan fingerprint density at radius 3 is 2.68 bits per heavy atom. The standard InChI is InChI=1S/C14H15N3O4S/c1-8(21-14(20)10-4-3-6-17(10)2)12(19)16-13-9(11(15)18)5-7-22-13/h3-8H,1-2H3,(H2,15,18)(H,16,19). The molecule has 1 unspecified atom stereocenters. The van der Waals surface area contributed by atoms with E-state index in [2.05, 4.69) is 5.32 Å². The van der Waals surface area contributed by atoms with Crippen LogP contribution < -0.4 is 11.1 Å². The molecule has 8 heteroatoms. The average molecular weight is 321 g/mol. The summed E-state index contributed by atoms with van der Waals surface area (Å²) in [6.45, 7) is 1.45. The fourth-order valence-corrected chi connectivity index (χ4v) is 2.56. The van der Waals surface area contributed by atoms with E-state index in [9.17, 15) is 14.4 Å². The highest BCUT2D eigenvalue weighted by molar-refractivity contribution is 7.14. The summed E-state index contributed by atoms with van der Waals surface area (Å²) in [4.78, 5) is 35.2. The number of rotatable bonds is 5. The molecule has 0 aliphatic rings. The minimum absolute atomic E-state index is 0.222. The Morgan fingerprint density at radius 1 is 1.36 bits per heavy atom. The fraction of sp³-hybridized carbons (Fsp3) is 0.214. The molecule has 2 heterocycles. The first-order valence-corrected chi connectivity index (χ1v) is 7.28. The van der Waals surface area contributed by atoms with Gasteiger partial charge in [-0.2, -0.15) is 0 Å². The molecule has 2 aromatic heterocycles. The number of hydrogen-bond donors (Lipinski definition) is 2. The third-order valence-electron chi connectivity index (χ3n) is 2.97. The van der Waals surface area contributed by atoms with Gasteiger partial charge in [-0.25, -0.2) is 4.79 Å². The van der Waals surface area contributed by atoms with Crippen LogP contribution in [0.25, 0.3) is 0 Å². The number of anilines is 1. The maximum Gasteiger partial charge on any atom is 0.355 e. The van der Waals surface area contributed by atoms with Crippen molar-refractivity contribution in [2.45, 2.75) is 13.0 Å². The van der Waals surface area contributed by atoms with Crippen molar-refractivity contribution in [1.82, 2.24) is 4.57 Å². The van der Waals surface area contributed by atoms with Gasteiger partial charge in [-0.3, -0.25) is 9.59 Å². The van der Waals surface area contributed by atoms with Gasteiger partial charge in [-0.1, -0.05) is 0 Å². The van der Waals surface area contributed by atoms with E-state index in [-0.39, 0.29) is 5.56 Å². The van der Waals surface area contributed by atoms with E-state index in [0.717, 1.165) is 0 Å². The van der Waals surface area contributed by atoms with E-state index < -0.39 is 23.9 Å². The number of nitrogens with one attached hydrogen (secondary N) is 1. The lowest BCUT2D eigenvalue weighted by Crippen LogP contribution is -2.30. The van der Waals surface area contributed by atoms with Crippen molar-refractivity contribution in [1.29, 1.82) is 0 Å². The molecule has 0 fully saturated rings. The molecule has 0 aliphatic carbocycles. The van der Waals surface area contributed by atoms with E-state index in [1.165, 1.54) is 24.3 Å². The van der Waals surface area contributed by atoms with Crippen molar-refractivity contribution in [3.63, 3.8) is 0 Å². The number of nitrogens with two attached hydrogens (primary N) is 1. The van der Waals surface area contributed by atoms with E-state index in [4.69, 9.17) is 10.5 Å². The minimum Gasteiger partial charge on any atom is -0.448 e. The number of esters is 1. The summed E-state index contributed by atoms with van der Waals surface area (Å²) in [6.07, 6.45) is 0.691. The lowest BCUT2D eigenvalue weighted by atomic mass is 10.3. The van der Waals surface area contributed by atoms with Gasteiger partial charge in [0.15, 0.2) is 6.10 Å². The van der Waals surface area contributed by atoms with Crippen LogP contribution in [0.4, 0.5) is 5.00 Å². The third kappa shape index (κ3) is 3.34.